The van der Waals surface area contributed by atoms with Crippen molar-refractivity contribution in [3.8, 4) is 0 Å². The predicted octanol–water partition coefficient (Wildman–Crippen LogP) is 3.28. The maximum Gasteiger partial charge on any atom is 0.362 e. The van der Waals surface area contributed by atoms with Crippen LogP contribution in [0.3, 0.4) is 0 Å². The molecule has 0 spiro atoms. The molecule has 0 saturated heterocycles. The number of ether oxygens (including phenoxy) is 1. The first-order chi connectivity index (χ1) is 10.1. The topological polar surface area (TPSA) is 69.0 Å². The number of carbonyl (C=O) groups excluding carboxylic acids is 1. The summed E-state index contributed by atoms with van der Waals surface area (Å²) in [6, 6.07) is 7.57. The van der Waals surface area contributed by atoms with Gasteiger partial charge in [0.15, 0.2) is 5.82 Å². The van der Waals surface area contributed by atoms with Gasteiger partial charge in [-0.1, -0.05) is 15.9 Å². The lowest BCUT2D eigenvalue weighted by Crippen LogP contribution is -2.08. The van der Waals surface area contributed by atoms with E-state index in [-0.39, 0.29) is 5.69 Å². The molecule has 0 unspecified atom stereocenters. The molecule has 6 nitrogen and oxygen atoms in total. The van der Waals surface area contributed by atoms with Gasteiger partial charge in [-0.2, -0.15) is 4.80 Å². The van der Waals surface area contributed by atoms with E-state index in [0.29, 0.717) is 18.3 Å². The fourth-order valence-electron chi connectivity index (χ4n) is 1.61. The molecule has 112 valence electrons. The number of nitrogens with zero attached hydrogens (tertiary/aromatic N) is 3. The summed E-state index contributed by atoms with van der Waals surface area (Å²) in [6.45, 7) is 2.05. The Bertz CT molecular complexity index is 615. The standard InChI is InChI=1S/C13H15BrN4O2S/c1-3-20-13(19)11-12(17-18(16-11)8-21-2)15-10-6-4-9(14)5-7-10/h4-7H,3,8H2,1-2H3,(H,15,17). The number of hydrogen-bond donors (Lipinski definition) is 1. The molecule has 21 heavy (non-hydrogen) atoms. The van der Waals surface area contributed by atoms with Crippen molar-refractivity contribution in [3.05, 3.63) is 34.4 Å². The highest BCUT2D eigenvalue weighted by Gasteiger charge is 2.20. The summed E-state index contributed by atoms with van der Waals surface area (Å²) in [7, 11) is 0. The van der Waals surface area contributed by atoms with Crippen LogP contribution >= 0.6 is 27.7 Å². The average Bonchev–Trinajstić information content (AvgIpc) is 2.85. The average molecular weight is 371 g/mol. The Balaban J connectivity index is 2.27. The van der Waals surface area contributed by atoms with E-state index in [9.17, 15) is 4.79 Å². The van der Waals surface area contributed by atoms with Gasteiger partial charge in [0.1, 0.15) is 5.88 Å². The second kappa shape index (κ2) is 7.46. The van der Waals surface area contributed by atoms with E-state index in [1.807, 2.05) is 30.5 Å². The Morgan fingerprint density at radius 2 is 2.10 bits per heavy atom. The van der Waals surface area contributed by atoms with Gasteiger partial charge >= 0.3 is 5.97 Å². The highest BCUT2D eigenvalue weighted by atomic mass is 79.9. The zero-order valence-electron chi connectivity index (χ0n) is 11.7. The molecule has 0 aliphatic heterocycles. The first kappa shape index (κ1) is 15.8. The maximum absolute atomic E-state index is 11.9. The molecule has 1 aromatic carbocycles. The van der Waals surface area contributed by atoms with Crippen molar-refractivity contribution in [2.24, 2.45) is 0 Å². The van der Waals surface area contributed by atoms with E-state index < -0.39 is 5.97 Å². The Hall–Kier alpha value is -1.54. The zero-order valence-corrected chi connectivity index (χ0v) is 14.1. The van der Waals surface area contributed by atoms with Crippen molar-refractivity contribution in [1.82, 2.24) is 15.0 Å². The van der Waals surface area contributed by atoms with Crippen molar-refractivity contribution < 1.29 is 9.53 Å². The summed E-state index contributed by atoms with van der Waals surface area (Å²) in [5.41, 5.74) is 1.01. The summed E-state index contributed by atoms with van der Waals surface area (Å²) in [5, 5.41) is 11.5. The first-order valence-electron chi connectivity index (χ1n) is 6.27. The van der Waals surface area contributed by atoms with Gasteiger partial charge in [-0.3, -0.25) is 0 Å². The van der Waals surface area contributed by atoms with Crippen LogP contribution in [0.4, 0.5) is 11.5 Å². The summed E-state index contributed by atoms with van der Waals surface area (Å²) in [6.07, 6.45) is 1.94. The summed E-state index contributed by atoms with van der Waals surface area (Å²) < 4.78 is 5.98. The van der Waals surface area contributed by atoms with Crippen molar-refractivity contribution >= 4 is 45.2 Å². The van der Waals surface area contributed by atoms with Gasteiger partial charge in [0.25, 0.3) is 0 Å². The third-order valence-corrected chi connectivity index (χ3v) is 3.49. The minimum Gasteiger partial charge on any atom is -0.461 e. The molecule has 0 aliphatic rings. The molecule has 0 amide bonds. The molecule has 0 fully saturated rings. The number of halogens is 1. The number of anilines is 2. The second-order valence-electron chi connectivity index (χ2n) is 4.04. The van der Waals surface area contributed by atoms with Crippen LogP contribution in [0.1, 0.15) is 17.4 Å². The third-order valence-electron chi connectivity index (χ3n) is 2.48. The lowest BCUT2D eigenvalue weighted by Gasteiger charge is -2.04. The predicted molar refractivity (Wildman–Crippen MR) is 86.9 cm³/mol. The van der Waals surface area contributed by atoms with Crippen molar-refractivity contribution in [1.29, 1.82) is 0 Å². The number of nitrogens with one attached hydrogen (secondary N) is 1. The fraction of sp³-hybridized carbons (Fsp3) is 0.308. The highest BCUT2D eigenvalue weighted by molar-refractivity contribution is 9.10. The molecule has 1 N–H and O–H groups in total. The van der Waals surface area contributed by atoms with Crippen LogP contribution in [0.2, 0.25) is 0 Å². The van der Waals surface area contributed by atoms with Gasteiger partial charge in [-0.25, -0.2) is 4.79 Å². The van der Waals surface area contributed by atoms with Crippen LogP contribution in [-0.4, -0.2) is 33.8 Å². The van der Waals surface area contributed by atoms with E-state index in [4.69, 9.17) is 4.74 Å². The van der Waals surface area contributed by atoms with E-state index in [2.05, 4.69) is 31.4 Å². The molecular formula is C13H15BrN4O2S. The molecule has 8 heteroatoms. The molecule has 0 radical (unpaired) electrons. The minimum absolute atomic E-state index is 0.189. The third kappa shape index (κ3) is 4.21. The monoisotopic (exact) mass is 370 g/mol. The van der Waals surface area contributed by atoms with E-state index in [1.165, 1.54) is 4.80 Å². The number of benzene rings is 1. The summed E-state index contributed by atoms with van der Waals surface area (Å²) >= 11 is 4.94. The van der Waals surface area contributed by atoms with Crippen LogP contribution in [0, 0.1) is 0 Å². The largest absolute Gasteiger partial charge is 0.461 e. The van der Waals surface area contributed by atoms with Crippen molar-refractivity contribution in [2.75, 3.05) is 18.2 Å². The van der Waals surface area contributed by atoms with Gasteiger partial charge in [0.2, 0.25) is 5.69 Å². The van der Waals surface area contributed by atoms with Crippen molar-refractivity contribution in [3.63, 3.8) is 0 Å². The molecule has 2 aromatic rings. The molecule has 0 bridgehead atoms. The van der Waals surface area contributed by atoms with Gasteiger partial charge in [0.05, 0.1) is 6.61 Å². The number of esters is 1. The van der Waals surface area contributed by atoms with Crippen LogP contribution in [0.25, 0.3) is 0 Å². The first-order valence-corrected chi connectivity index (χ1v) is 8.46. The smallest absolute Gasteiger partial charge is 0.362 e. The lowest BCUT2D eigenvalue weighted by atomic mass is 10.3. The molecule has 0 saturated carbocycles. The Labute approximate surface area is 135 Å². The van der Waals surface area contributed by atoms with Crippen molar-refractivity contribution in [2.45, 2.75) is 12.8 Å². The number of carbonyl (C=O) groups is 1. The zero-order chi connectivity index (χ0) is 15.2. The van der Waals surface area contributed by atoms with Crippen LogP contribution in [0.15, 0.2) is 28.7 Å². The normalized spacial score (nSPS) is 10.4. The highest BCUT2D eigenvalue weighted by Crippen LogP contribution is 2.21. The van der Waals surface area contributed by atoms with E-state index in [0.717, 1.165) is 10.2 Å². The summed E-state index contributed by atoms with van der Waals surface area (Å²) in [5.74, 6) is 0.475. The van der Waals surface area contributed by atoms with Gasteiger partial charge in [-0.05, 0) is 37.4 Å². The molecule has 0 aliphatic carbocycles. The molecule has 1 heterocycles. The second-order valence-corrected chi connectivity index (χ2v) is 5.79. The molecule has 0 atom stereocenters. The maximum atomic E-state index is 11.9. The number of hydrogen-bond acceptors (Lipinski definition) is 6. The van der Waals surface area contributed by atoms with Crippen LogP contribution < -0.4 is 5.32 Å². The summed E-state index contributed by atoms with van der Waals surface area (Å²) in [4.78, 5) is 13.4. The van der Waals surface area contributed by atoms with Gasteiger partial charge < -0.3 is 10.1 Å². The molecular weight excluding hydrogens is 356 g/mol. The fourth-order valence-corrected chi connectivity index (χ4v) is 2.22. The Kier molecular flexibility index (Phi) is 5.63. The van der Waals surface area contributed by atoms with Crippen LogP contribution in [-0.2, 0) is 10.6 Å². The van der Waals surface area contributed by atoms with Crippen LogP contribution in [0.5, 0.6) is 0 Å². The molecule has 2 rings (SSSR count). The quantitative estimate of drug-likeness (QED) is 0.786. The SMILES string of the molecule is CCOC(=O)c1nn(CSC)nc1Nc1ccc(Br)cc1. The Morgan fingerprint density at radius 3 is 2.71 bits per heavy atom. The van der Waals surface area contributed by atoms with Gasteiger partial charge in [-0.15, -0.1) is 22.0 Å². The lowest BCUT2D eigenvalue weighted by molar-refractivity contribution is 0.0519. The number of aromatic nitrogens is 3. The van der Waals surface area contributed by atoms with Gasteiger partial charge in [0, 0.05) is 10.2 Å². The molecule has 1 aromatic heterocycles. The number of thioether (sulfide) groups is 1. The number of rotatable bonds is 6. The Morgan fingerprint density at radius 1 is 1.38 bits per heavy atom. The van der Waals surface area contributed by atoms with E-state index >= 15 is 0 Å². The van der Waals surface area contributed by atoms with E-state index in [1.54, 1.807) is 18.7 Å². The minimum atomic E-state index is -0.482.